The number of carbonyl (C=O) groups excluding carboxylic acids is 1. The lowest BCUT2D eigenvalue weighted by atomic mass is 10.1. The van der Waals surface area contributed by atoms with Crippen LogP contribution in [0.5, 0.6) is 0 Å². The number of nitrogens with zero attached hydrogens (tertiary/aromatic N) is 2. The molecule has 0 aliphatic heterocycles. The van der Waals surface area contributed by atoms with E-state index in [1.807, 2.05) is 18.2 Å². The van der Waals surface area contributed by atoms with Crippen LogP contribution in [0.4, 0.5) is 0 Å². The van der Waals surface area contributed by atoms with Gasteiger partial charge in [0.2, 0.25) is 5.78 Å². The summed E-state index contributed by atoms with van der Waals surface area (Å²) >= 11 is 12.4. The molecule has 0 saturated carbocycles. The van der Waals surface area contributed by atoms with Gasteiger partial charge in [-0.25, -0.2) is 9.78 Å². The van der Waals surface area contributed by atoms with Crippen LogP contribution in [-0.2, 0) is 0 Å². The van der Waals surface area contributed by atoms with Crippen LogP contribution >= 0.6 is 23.2 Å². The molecule has 7 heteroatoms. The third-order valence-electron chi connectivity index (χ3n) is 4.39. The maximum absolute atomic E-state index is 13.2. The molecule has 1 N–H and O–H groups in total. The van der Waals surface area contributed by atoms with Crippen molar-refractivity contribution in [3.05, 3.63) is 94.0 Å². The molecule has 0 fully saturated rings. The standard InChI is InChI=1S/C21H12Cl2N2O3/c22-14-4-3-5-15(23)19(14)20(26)18-10-13(17-6-1-2-9-25(17)18)12-7-8-16(21(27)28)24-11-12/h1-11H,(H,27,28). The second-order valence-corrected chi connectivity index (χ2v) is 6.88. The van der Waals surface area contributed by atoms with Crippen LogP contribution < -0.4 is 0 Å². The van der Waals surface area contributed by atoms with Gasteiger partial charge in [0.15, 0.2) is 0 Å². The molecule has 1 aromatic carbocycles. The highest BCUT2D eigenvalue weighted by Crippen LogP contribution is 2.32. The van der Waals surface area contributed by atoms with Crippen LogP contribution in [0.2, 0.25) is 10.0 Å². The number of fused-ring (bicyclic) bond motifs is 1. The van der Waals surface area contributed by atoms with Crippen LogP contribution in [0.3, 0.4) is 0 Å². The van der Waals surface area contributed by atoms with Crippen LogP contribution in [0.15, 0.2) is 67.0 Å². The van der Waals surface area contributed by atoms with E-state index in [1.54, 1.807) is 40.9 Å². The lowest BCUT2D eigenvalue weighted by Gasteiger charge is -2.06. The zero-order valence-electron chi connectivity index (χ0n) is 14.3. The van der Waals surface area contributed by atoms with E-state index in [1.165, 1.54) is 12.3 Å². The molecule has 3 heterocycles. The van der Waals surface area contributed by atoms with Crippen LogP contribution in [0, 0.1) is 0 Å². The fraction of sp³-hybridized carbons (Fsp3) is 0. The normalized spacial score (nSPS) is 10.9. The van der Waals surface area contributed by atoms with E-state index < -0.39 is 5.97 Å². The highest BCUT2D eigenvalue weighted by atomic mass is 35.5. The third kappa shape index (κ3) is 3.05. The molecule has 0 radical (unpaired) electrons. The first-order valence-electron chi connectivity index (χ1n) is 8.26. The second kappa shape index (κ2) is 7.11. The second-order valence-electron chi connectivity index (χ2n) is 6.06. The predicted molar refractivity (Wildman–Crippen MR) is 107 cm³/mol. The number of halogens is 2. The first-order chi connectivity index (χ1) is 13.5. The molecule has 0 saturated heterocycles. The van der Waals surface area contributed by atoms with Gasteiger partial charge >= 0.3 is 5.97 Å². The Balaban J connectivity index is 1.90. The van der Waals surface area contributed by atoms with Crippen LogP contribution in [0.1, 0.15) is 26.5 Å². The summed E-state index contributed by atoms with van der Waals surface area (Å²) in [6.07, 6.45) is 3.25. The summed E-state index contributed by atoms with van der Waals surface area (Å²) in [5.74, 6) is -1.41. The Morgan fingerprint density at radius 3 is 2.36 bits per heavy atom. The largest absolute Gasteiger partial charge is 0.477 e. The number of ketones is 1. The average Bonchev–Trinajstić information content (AvgIpc) is 3.07. The number of rotatable bonds is 4. The van der Waals surface area contributed by atoms with Gasteiger partial charge in [-0.3, -0.25) is 4.79 Å². The molecule has 138 valence electrons. The number of carboxylic acid groups (broad SMARTS) is 1. The monoisotopic (exact) mass is 410 g/mol. The zero-order chi connectivity index (χ0) is 19.8. The van der Waals surface area contributed by atoms with Crippen molar-refractivity contribution in [1.29, 1.82) is 0 Å². The van der Waals surface area contributed by atoms with Gasteiger partial charge in [-0.2, -0.15) is 0 Å². The lowest BCUT2D eigenvalue weighted by molar-refractivity contribution is 0.0690. The van der Waals surface area contributed by atoms with E-state index >= 15 is 0 Å². The van der Waals surface area contributed by atoms with E-state index in [0.29, 0.717) is 11.3 Å². The number of benzene rings is 1. The molecular weight excluding hydrogens is 399 g/mol. The minimum absolute atomic E-state index is 0.0496. The summed E-state index contributed by atoms with van der Waals surface area (Å²) in [6.45, 7) is 0. The molecule has 4 aromatic rings. The summed E-state index contributed by atoms with van der Waals surface area (Å²) in [5.41, 5.74) is 2.79. The molecule has 0 unspecified atom stereocenters. The number of hydrogen-bond acceptors (Lipinski definition) is 3. The van der Waals surface area contributed by atoms with Gasteiger partial charge in [0, 0.05) is 23.5 Å². The van der Waals surface area contributed by atoms with Crippen molar-refractivity contribution in [2.75, 3.05) is 0 Å². The number of carbonyl (C=O) groups is 2. The molecule has 0 amide bonds. The minimum atomic E-state index is -1.10. The van der Waals surface area contributed by atoms with Gasteiger partial charge in [0.05, 0.1) is 26.8 Å². The van der Waals surface area contributed by atoms with Crippen molar-refractivity contribution in [2.24, 2.45) is 0 Å². The molecule has 0 spiro atoms. The van der Waals surface area contributed by atoms with Gasteiger partial charge in [-0.15, -0.1) is 0 Å². The predicted octanol–water partition coefficient (Wildman–Crippen LogP) is 5.24. The van der Waals surface area contributed by atoms with E-state index in [0.717, 1.165) is 11.1 Å². The Bertz CT molecular complexity index is 1210. The van der Waals surface area contributed by atoms with Crippen LogP contribution in [-0.4, -0.2) is 26.2 Å². The lowest BCUT2D eigenvalue weighted by Crippen LogP contribution is -2.06. The zero-order valence-corrected chi connectivity index (χ0v) is 15.8. The highest BCUT2D eigenvalue weighted by Gasteiger charge is 2.22. The third-order valence-corrected chi connectivity index (χ3v) is 5.02. The van der Waals surface area contributed by atoms with E-state index in [4.69, 9.17) is 28.3 Å². The number of aromatic carboxylic acids is 1. The molecule has 4 rings (SSSR count). The van der Waals surface area contributed by atoms with Crippen molar-refractivity contribution in [1.82, 2.24) is 9.38 Å². The summed E-state index contributed by atoms with van der Waals surface area (Å²) < 4.78 is 1.75. The molecule has 3 aromatic heterocycles. The Hall–Kier alpha value is -3.15. The number of hydrogen-bond donors (Lipinski definition) is 1. The van der Waals surface area contributed by atoms with Gasteiger partial charge in [-0.1, -0.05) is 41.4 Å². The van der Waals surface area contributed by atoms with Gasteiger partial charge in [0.25, 0.3) is 0 Å². The van der Waals surface area contributed by atoms with E-state index in [2.05, 4.69) is 4.98 Å². The minimum Gasteiger partial charge on any atom is -0.477 e. The van der Waals surface area contributed by atoms with Crippen molar-refractivity contribution in [3.63, 3.8) is 0 Å². The maximum Gasteiger partial charge on any atom is 0.354 e. The van der Waals surface area contributed by atoms with Crippen molar-refractivity contribution in [2.45, 2.75) is 0 Å². The van der Waals surface area contributed by atoms with E-state index in [-0.39, 0.29) is 27.1 Å². The highest BCUT2D eigenvalue weighted by molar-refractivity contribution is 6.41. The molecule has 0 bridgehead atoms. The SMILES string of the molecule is O=C(O)c1ccc(-c2cc(C(=O)c3c(Cl)cccc3Cl)n3ccccc23)cn1. The summed E-state index contributed by atoms with van der Waals surface area (Å²) in [7, 11) is 0. The van der Waals surface area contributed by atoms with Gasteiger partial charge in [0.1, 0.15) is 5.69 Å². The smallest absolute Gasteiger partial charge is 0.354 e. The molecule has 0 aliphatic carbocycles. The van der Waals surface area contributed by atoms with Gasteiger partial charge in [-0.05, 0) is 36.4 Å². The molecule has 28 heavy (non-hydrogen) atoms. The summed E-state index contributed by atoms with van der Waals surface area (Å²) in [4.78, 5) is 28.2. The molecular formula is C21H12Cl2N2O3. The Kier molecular flexibility index (Phi) is 4.63. The van der Waals surface area contributed by atoms with E-state index in [9.17, 15) is 9.59 Å². The first kappa shape index (κ1) is 18.2. The molecule has 0 atom stereocenters. The molecule has 5 nitrogen and oxygen atoms in total. The van der Waals surface area contributed by atoms with Crippen LogP contribution in [0.25, 0.3) is 16.6 Å². The van der Waals surface area contributed by atoms with Gasteiger partial charge < -0.3 is 9.51 Å². The van der Waals surface area contributed by atoms with Crippen molar-refractivity contribution < 1.29 is 14.7 Å². The average molecular weight is 411 g/mol. The Morgan fingerprint density at radius 2 is 1.71 bits per heavy atom. The Morgan fingerprint density at radius 1 is 0.964 bits per heavy atom. The van der Waals surface area contributed by atoms with Crippen molar-refractivity contribution >= 4 is 40.5 Å². The summed E-state index contributed by atoms with van der Waals surface area (Å²) in [6, 6.07) is 15.3. The fourth-order valence-electron chi connectivity index (χ4n) is 3.08. The Labute approximate surface area is 169 Å². The fourth-order valence-corrected chi connectivity index (χ4v) is 3.65. The first-order valence-corrected chi connectivity index (χ1v) is 9.01. The summed E-state index contributed by atoms with van der Waals surface area (Å²) in [5, 5.41) is 9.59. The number of pyridine rings is 2. The molecule has 0 aliphatic rings. The number of aromatic nitrogens is 2. The maximum atomic E-state index is 13.2. The number of carboxylic acids is 1. The topological polar surface area (TPSA) is 71.7 Å². The van der Waals surface area contributed by atoms with Crippen molar-refractivity contribution in [3.8, 4) is 11.1 Å². The quantitative estimate of drug-likeness (QED) is 0.467.